The van der Waals surface area contributed by atoms with Gasteiger partial charge in [-0.25, -0.2) is 13.7 Å². The molecule has 0 aromatic carbocycles. The Morgan fingerprint density at radius 3 is 2.91 bits per heavy atom. The van der Waals surface area contributed by atoms with Crippen LogP contribution in [0.3, 0.4) is 0 Å². The van der Waals surface area contributed by atoms with E-state index in [0.29, 0.717) is 0 Å². The summed E-state index contributed by atoms with van der Waals surface area (Å²) in [4.78, 5) is 32.8. The van der Waals surface area contributed by atoms with E-state index >= 15 is 0 Å². The van der Waals surface area contributed by atoms with Crippen LogP contribution in [0.5, 0.6) is 0 Å². The third-order valence-electron chi connectivity index (χ3n) is 2.96. The molecule has 1 fully saturated rings. The van der Waals surface area contributed by atoms with Gasteiger partial charge in [0.1, 0.15) is 18.1 Å². The van der Waals surface area contributed by atoms with E-state index in [-0.39, 0.29) is 12.2 Å². The maximum absolute atomic E-state index is 11.7. The number of aromatic nitrogens is 2. The Hall–Kier alpha value is -1.10. The smallest absolute Gasteiger partial charge is 0.390 e. The third kappa shape index (κ3) is 4.93. The molecule has 1 aromatic rings. The summed E-state index contributed by atoms with van der Waals surface area (Å²) < 4.78 is 36.5. The number of nitrogen functional groups attached to an aromatic ring is 1. The molecular weight excluding hydrogens is 356 g/mol. The summed E-state index contributed by atoms with van der Waals surface area (Å²) in [6.07, 6.45) is -1.67. The molecule has 130 valence electrons. The summed E-state index contributed by atoms with van der Waals surface area (Å²) in [6, 6.07) is 1.37. The van der Waals surface area contributed by atoms with E-state index in [4.69, 9.17) is 20.3 Å². The molecule has 1 aromatic heterocycles. The van der Waals surface area contributed by atoms with Gasteiger partial charge >= 0.3 is 21.8 Å². The molecule has 2 heterocycles. The number of phosphoric ester groups is 1. The van der Waals surface area contributed by atoms with E-state index in [9.17, 15) is 19.0 Å². The van der Waals surface area contributed by atoms with Gasteiger partial charge in [-0.15, -0.1) is 0 Å². The summed E-state index contributed by atoms with van der Waals surface area (Å²) in [5.41, 5.74) is 4.68. The highest BCUT2D eigenvalue weighted by atomic mass is 31.2. The zero-order valence-corrected chi connectivity index (χ0v) is 13.4. The average molecular weight is 371 g/mol. The molecule has 0 amide bonds. The fourth-order valence-electron chi connectivity index (χ4n) is 1.97. The van der Waals surface area contributed by atoms with Crippen LogP contribution in [0.4, 0.5) is 5.82 Å². The molecule has 5 N–H and O–H groups in total. The van der Waals surface area contributed by atoms with E-state index in [0.717, 1.165) is 4.57 Å². The molecule has 23 heavy (non-hydrogen) atoms. The molecule has 0 radical (unpaired) electrons. The van der Waals surface area contributed by atoms with Crippen molar-refractivity contribution in [2.45, 2.75) is 24.9 Å². The number of hydrogen-bond donors (Lipinski definition) is 4. The molecule has 0 saturated carbocycles. The first kappa shape index (κ1) is 18.2. The van der Waals surface area contributed by atoms with Crippen molar-refractivity contribution in [2.24, 2.45) is 0 Å². The molecule has 0 bridgehead atoms. The van der Waals surface area contributed by atoms with Crippen LogP contribution < -0.4 is 11.4 Å². The maximum atomic E-state index is 11.7. The van der Waals surface area contributed by atoms with Crippen LogP contribution in [0.2, 0.25) is 0 Å². The number of aliphatic hydroxyl groups is 1. The van der Waals surface area contributed by atoms with Gasteiger partial charge in [-0.05, 0) is 6.07 Å². The van der Waals surface area contributed by atoms with Crippen LogP contribution >= 0.6 is 16.1 Å². The second kappa shape index (κ2) is 7.20. The summed E-state index contributed by atoms with van der Waals surface area (Å²) in [6.45, 7) is -0.586. The second-order valence-electron chi connectivity index (χ2n) is 4.60. The van der Waals surface area contributed by atoms with Crippen LogP contribution in [-0.4, -0.2) is 43.3 Å². The van der Waals surface area contributed by atoms with Gasteiger partial charge in [-0.3, -0.25) is 13.7 Å². The third-order valence-corrected chi connectivity index (χ3v) is 4.98. The minimum Gasteiger partial charge on any atom is -0.390 e. The highest BCUT2D eigenvalue weighted by molar-refractivity contribution is 7.55. The van der Waals surface area contributed by atoms with Crippen molar-refractivity contribution in [3.8, 4) is 0 Å². The first-order valence-corrected chi connectivity index (χ1v) is 9.02. The minimum absolute atomic E-state index is 0.00666. The highest BCUT2D eigenvalue weighted by Gasteiger charge is 2.37. The molecule has 1 aliphatic heterocycles. The topological polar surface area (TPSA) is 183 Å². The van der Waals surface area contributed by atoms with E-state index < -0.39 is 46.8 Å². The zero-order valence-electron chi connectivity index (χ0n) is 11.5. The molecule has 2 rings (SSSR count). The average Bonchev–Trinajstić information content (AvgIpc) is 2.76. The lowest BCUT2D eigenvalue weighted by Crippen LogP contribution is -2.28. The fraction of sp³-hybridized carbons (Fsp3) is 0.556. The monoisotopic (exact) mass is 371 g/mol. The van der Waals surface area contributed by atoms with Gasteiger partial charge < -0.3 is 25.4 Å². The molecule has 0 aliphatic carbocycles. The number of phosphoric acid groups is 1. The Balaban J connectivity index is 2.00. The largest absolute Gasteiger partial charge is 0.479 e. The first-order chi connectivity index (χ1) is 10.7. The highest BCUT2D eigenvalue weighted by Crippen LogP contribution is 2.51. The molecule has 3 unspecified atom stereocenters. The lowest BCUT2D eigenvalue weighted by molar-refractivity contribution is -0.0446. The predicted octanol–water partition coefficient (Wildman–Crippen LogP) is -1.01. The van der Waals surface area contributed by atoms with Crippen molar-refractivity contribution in [3.63, 3.8) is 0 Å². The van der Waals surface area contributed by atoms with Crippen LogP contribution in [0.15, 0.2) is 17.1 Å². The van der Waals surface area contributed by atoms with Crippen molar-refractivity contribution in [2.75, 3.05) is 12.3 Å². The van der Waals surface area contributed by atoms with Crippen LogP contribution in [0.25, 0.3) is 0 Å². The van der Waals surface area contributed by atoms with Gasteiger partial charge in [0.25, 0.3) is 0 Å². The van der Waals surface area contributed by atoms with Gasteiger partial charge in [0.15, 0.2) is 0 Å². The van der Waals surface area contributed by atoms with Gasteiger partial charge in [-0.2, -0.15) is 4.98 Å². The lowest BCUT2D eigenvalue weighted by Gasteiger charge is -2.17. The lowest BCUT2D eigenvalue weighted by atomic mass is 10.2. The Morgan fingerprint density at radius 2 is 2.30 bits per heavy atom. The number of hydrogen-bond acceptors (Lipinski definition) is 9. The van der Waals surface area contributed by atoms with Crippen molar-refractivity contribution in [3.05, 3.63) is 22.7 Å². The molecular formula is C9H15N3O9P2. The number of nitrogens with zero attached hydrogens (tertiary/aromatic N) is 2. The van der Waals surface area contributed by atoms with Crippen LogP contribution in [0, 0.1) is 0 Å². The van der Waals surface area contributed by atoms with E-state index in [1.807, 2.05) is 0 Å². The van der Waals surface area contributed by atoms with Crippen LogP contribution in [0.1, 0.15) is 12.6 Å². The summed E-state index contributed by atoms with van der Waals surface area (Å²) in [5, 5.41) is 9.86. The quantitative estimate of drug-likeness (QED) is 0.449. The standard InChI is InChI=1S/C9H15N3O9P2/c10-7-1-2-12(9(14)11-7)8-3-5(13)6(20-8)4-19-23(17,18)21-22(15)16/h1-2,5-6,8,13,22H,3-4H2,(H,15,16)(H,17,18)(H2,10,11,14)/t5?,6-,8-/m1/s1. The normalized spacial score (nSPS) is 28.4. The predicted molar refractivity (Wildman–Crippen MR) is 75.5 cm³/mol. The zero-order chi connectivity index (χ0) is 17.2. The molecule has 0 spiro atoms. The Kier molecular flexibility index (Phi) is 5.71. The number of ether oxygens (including phenoxy) is 1. The number of nitrogens with two attached hydrogens (primary N) is 1. The van der Waals surface area contributed by atoms with Crippen molar-refractivity contribution in [1.82, 2.24) is 9.55 Å². The SMILES string of the molecule is Nc1ccn([C@H]2CC(O)[C@@H](COP(=O)(O)O[PH](=O)O)O2)c(=O)n1. The van der Waals surface area contributed by atoms with Gasteiger partial charge in [-0.1, -0.05) is 0 Å². The van der Waals surface area contributed by atoms with E-state index in [1.54, 1.807) is 0 Å². The molecule has 14 heteroatoms. The van der Waals surface area contributed by atoms with E-state index in [2.05, 4.69) is 13.8 Å². The Labute approximate surface area is 130 Å². The Morgan fingerprint density at radius 1 is 1.61 bits per heavy atom. The molecule has 5 atom stereocenters. The number of anilines is 1. The first-order valence-electron chi connectivity index (χ1n) is 6.26. The Bertz CT molecular complexity index is 695. The van der Waals surface area contributed by atoms with Crippen LogP contribution in [-0.2, 0) is 22.7 Å². The van der Waals surface area contributed by atoms with Gasteiger partial charge in [0.2, 0.25) is 0 Å². The van der Waals surface area contributed by atoms with E-state index in [1.165, 1.54) is 12.3 Å². The van der Waals surface area contributed by atoms with Crippen molar-refractivity contribution in [1.29, 1.82) is 0 Å². The van der Waals surface area contributed by atoms with Crippen molar-refractivity contribution < 1.29 is 37.6 Å². The minimum atomic E-state index is -4.74. The summed E-state index contributed by atoms with van der Waals surface area (Å²) in [7, 11) is -8.41. The van der Waals surface area contributed by atoms with Crippen molar-refractivity contribution >= 4 is 21.9 Å². The fourth-order valence-corrected chi connectivity index (χ4v) is 3.31. The molecule has 1 aliphatic rings. The van der Waals surface area contributed by atoms with Gasteiger partial charge in [0, 0.05) is 12.6 Å². The molecule has 1 saturated heterocycles. The van der Waals surface area contributed by atoms with Gasteiger partial charge in [0.05, 0.1) is 12.7 Å². The molecule has 12 nitrogen and oxygen atoms in total. The number of rotatable bonds is 6. The summed E-state index contributed by atoms with van der Waals surface area (Å²) >= 11 is 0. The summed E-state index contributed by atoms with van der Waals surface area (Å²) in [5.74, 6) is 0.0299. The second-order valence-corrected chi connectivity index (χ2v) is 7.05. The number of aliphatic hydroxyl groups excluding tert-OH is 1. The maximum Gasteiger partial charge on any atom is 0.479 e.